The van der Waals surface area contributed by atoms with E-state index in [9.17, 15) is 13.2 Å². The van der Waals surface area contributed by atoms with Gasteiger partial charge in [-0.1, -0.05) is 36.4 Å². The molecule has 3 heteroatoms. The van der Waals surface area contributed by atoms with Gasteiger partial charge in [-0.05, 0) is 5.56 Å². The maximum Gasteiger partial charge on any atom is 0.390 e. The molecule has 0 aliphatic heterocycles. The van der Waals surface area contributed by atoms with Gasteiger partial charge in [0.25, 0.3) is 0 Å². The Morgan fingerprint density at radius 2 is 1.79 bits per heavy atom. The molecule has 0 radical (unpaired) electrons. The molecule has 0 saturated carbocycles. The number of rotatable bonds is 3. The Hall–Kier alpha value is -1.25. The summed E-state index contributed by atoms with van der Waals surface area (Å²) in [6.07, 6.45) is -3.65. The standard InChI is InChI=1S/C11H11F3/c1-2-9(8-11(12,13)14)10-6-4-3-5-7-10/h2-7,9H,1,8H2. The minimum Gasteiger partial charge on any atom is -0.171 e. The van der Waals surface area contributed by atoms with Crippen LogP contribution in [0.25, 0.3) is 0 Å². The molecule has 1 aromatic rings. The van der Waals surface area contributed by atoms with Gasteiger partial charge in [0.1, 0.15) is 0 Å². The van der Waals surface area contributed by atoms with Crippen LogP contribution in [-0.4, -0.2) is 6.18 Å². The largest absolute Gasteiger partial charge is 0.390 e. The molecule has 0 aliphatic carbocycles. The lowest BCUT2D eigenvalue weighted by Crippen LogP contribution is -2.12. The van der Waals surface area contributed by atoms with Crippen LogP contribution < -0.4 is 0 Å². The monoisotopic (exact) mass is 200 g/mol. The Morgan fingerprint density at radius 3 is 2.21 bits per heavy atom. The average molecular weight is 200 g/mol. The van der Waals surface area contributed by atoms with E-state index in [0.29, 0.717) is 5.56 Å². The van der Waals surface area contributed by atoms with Gasteiger partial charge in [-0.15, -0.1) is 6.58 Å². The first kappa shape index (κ1) is 10.8. The van der Waals surface area contributed by atoms with Crippen molar-refractivity contribution >= 4 is 0 Å². The van der Waals surface area contributed by atoms with E-state index in [1.807, 2.05) is 0 Å². The first-order valence-electron chi connectivity index (χ1n) is 4.27. The molecule has 0 heterocycles. The molecule has 0 nitrogen and oxygen atoms in total. The van der Waals surface area contributed by atoms with Gasteiger partial charge in [0.05, 0.1) is 6.42 Å². The number of benzene rings is 1. The third-order valence-electron chi connectivity index (χ3n) is 1.96. The summed E-state index contributed by atoms with van der Waals surface area (Å²) in [5.74, 6) is -0.642. The predicted octanol–water partition coefficient (Wildman–Crippen LogP) is 3.91. The highest BCUT2D eigenvalue weighted by Crippen LogP contribution is 2.31. The van der Waals surface area contributed by atoms with Crippen LogP contribution in [0.2, 0.25) is 0 Å². The summed E-state index contributed by atoms with van der Waals surface area (Å²) in [6.45, 7) is 3.42. The zero-order valence-electron chi connectivity index (χ0n) is 7.59. The summed E-state index contributed by atoms with van der Waals surface area (Å²) >= 11 is 0. The average Bonchev–Trinajstić information content (AvgIpc) is 2.14. The van der Waals surface area contributed by atoms with Crippen molar-refractivity contribution in [3.8, 4) is 0 Å². The van der Waals surface area contributed by atoms with Crippen molar-refractivity contribution in [1.29, 1.82) is 0 Å². The van der Waals surface area contributed by atoms with Crippen LogP contribution in [-0.2, 0) is 0 Å². The molecule has 0 amide bonds. The van der Waals surface area contributed by atoms with Crippen molar-refractivity contribution in [2.75, 3.05) is 0 Å². The molecule has 1 atom stereocenters. The zero-order chi connectivity index (χ0) is 10.6. The van der Waals surface area contributed by atoms with Crippen molar-refractivity contribution in [2.24, 2.45) is 0 Å². The van der Waals surface area contributed by atoms with Crippen LogP contribution in [0.5, 0.6) is 0 Å². The van der Waals surface area contributed by atoms with E-state index in [1.165, 1.54) is 6.08 Å². The molecule has 1 rings (SSSR count). The van der Waals surface area contributed by atoms with Gasteiger partial charge in [0.15, 0.2) is 0 Å². The lowest BCUT2D eigenvalue weighted by Gasteiger charge is -2.14. The second-order valence-corrected chi connectivity index (χ2v) is 3.07. The van der Waals surface area contributed by atoms with Gasteiger partial charge < -0.3 is 0 Å². The lowest BCUT2D eigenvalue weighted by atomic mass is 9.96. The molecule has 14 heavy (non-hydrogen) atoms. The van der Waals surface area contributed by atoms with Crippen molar-refractivity contribution in [1.82, 2.24) is 0 Å². The Labute approximate surface area is 81.1 Å². The van der Waals surface area contributed by atoms with Crippen molar-refractivity contribution in [3.05, 3.63) is 48.6 Å². The van der Waals surface area contributed by atoms with Crippen molar-refractivity contribution in [2.45, 2.75) is 18.5 Å². The van der Waals surface area contributed by atoms with Gasteiger partial charge >= 0.3 is 6.18 Å². The van der Waals surface area contributed by atoms with E-state index < -0.39 is 18.5 Å². The number of hydrogen-bond acceptors (Lipinski definition) is 0. The molecular formula is C11H11F3. The van der Waals surface area contributed by atoms with Crippen LogP contribution in [0.3, 0.4) is 0 Å². The Balaban J connectivity index is 2.78. The maximum absolute atomic E-state index is 12.1. The molecule has 76 valence electrons. The molecule has 0 fully saturated rings. The SMILES string of the molecule is C=CC(CC(F)(F)F)c1ccccc1. The van der Waals surface area contributed by atoms with E-state index in [-0.39, 0.29) is 0 Å². The molecule has 0 aromatic heterocycles. The number of halogens is 3. The van der Waals surface area contributed by atoms with Gasteiger partial charge in [-0.3, -0.25) is 0 Å². The molecule has 0 aliphatic rings. The molecule has 0 N–H and O–H groups in total. The third kappa shape index (κ3) is 3.24. The maximum atomic E-state index is 12.1. The molecule has 0 spiro atoms. The van der Waals surface area contributed by atoms with Crippen LogP contribution >= 0.6 is 0 Å². The van der Waals surface area contributed by atoms with Gasteiger partial charge in [-0.2, -0.15) is 13.2 Å². The summed E-state index contributed by atoms with van der Waals surface area (Å²) < 4.78 is 36.4. The summed E-state index contributed by atoms with van der Waals surface area (Å²) in [5, 5.41) is 0. The van der Waals surface area contributed by atoms with Gasteiger partial charge in [-0.25, -0.2) is 0 Å². The van der Waals surface area contributed by atoms with E-state index in [1.54, 1.807) is 30.3 Å². The second kappa shape index (κ2) is 4.31. The van der Waals surface area contributed by atoms with Crippen molar-refractivity contribution in [3.63, 3.8) is 0 Å². The number of allylic oxidation sites excluding steroid dienone is 1. The van der Waals surface area contributed by atoms with Crippen LogP contribution in [0.4, 0.5) is 13.2 Å². The molecule has 0 bridgehead atoms. The minimum absolute atomic E-state index is 0.642. The van der Waals surface area contributed by atoms with E-state index in [4.69, 9.17) is 0 Å². The summed E-state index contributed by atoms with van der Waals surface area (Å²) in [4.78, 5) is 0. The van der Waals surface area contributed by atoms with E-state index in [0.717, 1.165) is 0 Å². The van der Waals surface area contributed by atoms with Crippen LogP contribution in [0, 0.1) is 0 Å². The first-order chi connectivity index (χ1) is 6.53. The topological polar surface area (TPSA) is 0 Å². The predicted molar refractivity (Wildman–Crippen MR) is 50.1 cm³/mol. The highest BCUT2D eigenvalue weighted by Gasteiger charge is 2.31. The van der Waals surface area contributed by atoms with Crippen LogP contribution in [0.1, 0.15) is 17.9 Å². The molecular weight excluding hydrogens is 189 g/mol. The quantitative estimate of drug-likeness (QED) is 0.649. The highest BCUT2D eigenvalue weighted by molar-refractivity contribution is 5.23. The van der Waals surface area contributed by atoms with E-state index >= 15 is 0 Å². The molecule has 0 saturated heterocycles. The second-order valence-electron chi connectivity index (χ2n) is 3.07. The fourth-order valence-electron chi connectivity index (χ4n) is 1.29. The number of hydrogen-bond donors (Lipinski definition) is 0. The summed E-state index contributed by atoms with van der Waals surface area (Å²) in [7, 11) is 0. The normalized spacial score (nSPS) is 13.6. The van der Waals surface area contributed by atoms with Gasteiger partial charge in [0, 0.05) is 5.92 Å². The third-order valence-corrected chi connectivity index (χ3v) is 1.96. The smallest absolute Gasteiger partial charge is 0.171 e. The molecule has 1 aromatic carbocycles. The number of alkyl halides is 3. The molecule has 1 unspecified atom stereocenters. The fourth-order valence-corrected chi connectivity index (χ4v) is 1.29. The lowest BCUT2D eigenvalue weighted by molar-refractivity contribution is -0.136. The van der Waals surface area contributed by atoms with Gasteiger partial charge in [0.2, 0.25) is 0 Å². The minimum atomic E-state index is -4.14. The summed E-state index contributed by atoms with van der Waals surface area (Å²) in [6, 6.07) is 8.58. The van der Waals surface area contributed by atoms with Crippen LogP contribution in [0.15, 0.2) is 43.0 Å². The fraction of sp³-hybridized carbons (Fsp3) is 0.273. The Morgan fingerprint density at radius 1 is 1.21 bits per heavy atom. The first-order valence-corrected chi connectivity index (χ1v) is 4.27. The zero-order valence-corrected chi connectivity index (χ0v) is 7.59. The Bertz CT molecular complexity index is 287. The Kier molecular flexibility index (Phi) is 3.33. The van der Waals surface area contributed by atoms with Crippen molar-refractivity contribution < 1.29 is 13.2 Å². The highest BCUT2D eigenvalue weighted by atomic mass is 19.4. The van der Waals surface area contributed by atoms with E-state index in [2.05, 4.69) is 6.58 Å². The summed E-state index contributed by atoms with van der Waals surface area (Å²) in [5.41, 5.74) is 0.653.